The van der Waals surface area contributed by atoms with E-state index >= 15 is 0 Å². The van der Waals surface area contributed by atoms with Gasteiger partial charge < -0.3 is 5.11 Å². The molecule has 0 aliphatic rings. The van der Waals surface area contributed by atoms with Crippen molar-refractivity contribution in [3.8, 4) is 0 Å². The molecule has 0 amide bonds. The molecule has 0 saturated carbocycles. The first-order chi connectivity index (χ1) is 9.64. The molecule has 1 aromatic rings. The number of nitrogens with zero attached hydrogens (tertiary/aromatic N) is 1. The van der Waals surface area contributed by atoms with Gasteiger partial charge in [-0.15, -0.1) is 0 Å². The summed E-state index contributed by atoms with van der Waals surface area (Å²) in [7, 11) is -3.55. The zero-order valence-corrected chi connectivity index (χ0v) is 13.7. The van der Waals surface area contributed by atoms with Crippen LogP contribution in [0.15, 0.2) is 29.2 Å². The van der Waals surface area contributed by atoms with Crippen LogP contribution in [0.4, 0.5) is 0 Å². The second-order valence-electron chi connectivity index (χ2n) is 5.78. The summed E-state index contributed by atoms with van der Waals surface area (Å²) in [6.45, 7) is 8.09. The molecule has 0 aromatic heterocycles. The number of sulfonamides is 1. The highest BCUT2D eigenvalue weighted by Gasteiger charge is 2.27. The summed E-state index contributed by atoms with van der Waals surface area (Å²) >= 11 is 0. The summed E-state index contributed by atoms with van der Waals surface area (Å²) < 4.78 is 26.8. The normalized spacial score (nSPS) is 12.3. The summed E-state index contributed by atoms with van der Waals surface area (Å²) in [5.74, 6) is -0.706. The minimum atomic E-state index is -3.55. The van der Waals surface area contributed by atoms with Crippen LogP contribution >= 0.6 is 0 Å². The Morgan fingerprint density at radius 1 is 1.14 bits per heavy atom. The van der Waals surface area contributed by atoms with Gasteiger partial charge in [0.2, 0.25) is 10.0 Å². The minimum absolute atomic E-state index is 0.111. The molecule has 0 spiro atoms. The monoisotopic (exact) mass is 313 g/mol. The Hall–Kier alpha value is -1.40. The van der Waals surface area contributed by atoms with Crippen LogP contribution in [0.2, 0.25) is 0 Å². The Morgan fingerprint density at radius 2 is 1.67 bits per heavy atom. The van der Waals surface area contributed by atoms with Gasteiger partial charge in [0.15, 0.2) is 0 Å². The van der Waals surface area contributed by atoms with Crippen LogP contribution in [0.3, 0.4) is 0 Å². The Morgan fingerprint density at radius 3 is 2.05 bits per heavy atom. The van der Waals surface area contributed by atoms with Crippen molar-refractivity contribution in [2.75, 3.05) is 6.54 Å². The van der Waals surface area contributed by atoms with Crippen molar-refractivity contribution < 1.29 is 18.3 Å². The molecular weight excluding hydrogens is 290 g/mol. The van der Waals surface area contributed by atoms with Crippen LogP contribution in [0.25, 0.3) is 0 Å². The van der Waals surface area contributed by atoms with Crippen LogP contribution in [0, 0.1) is 5.92 Å². The lowest BCUT2D eigenvalue weighted by molar-refractivity contribution is -0.136. The first-order valence-electron chi connectivity index (χ1n) is 6.97. The van der Waals surface area contributed by atoms with Gasteiger partial charge in [0.1, 0.15) is 0 Å². The van der Waals surface area contributed by atoms with Gasteiger partial charge in [0.05, 0.1) is 11.3 Å². The van der Waals surface area contributed by atoms with E-state index in [9.17, 15) is 13.2 Å². The smallest absolute Gasteiger partial charge is 0.307 e. The summed E-state index contributed by atoms with van der Waals surface area (Å²) in [5, 5.41) is 8.73. The Kier molecular flexibility index (Phi) is 5.92. The molecular formula is C15H23NO4S. The minimum Gasteiger partial charge on any atom is -0.481 e. The Balaban J connectivity index is 3.07. The van der Waals surface area contributed by atoms with E-state index in [1.54, 1.807) is 12.1 Å². The molecule has 1 rings (SSSR count). The maximum absolute atomic E-state index is 12.7. The molecule has 21 heavy (non-hydrogen) atoms. The van der Waals surface area contributed by atoms with E-state index in [1.807, 2.05) is 27.7 Å². The fourth-order valence-electron chi connectivity index (χ4n) is 2.04. The lowest BCUT2D eigenvalue weighted by atomic mass is 10.2. The molecule has 0 radical (unpaired) electrons. The molecule has 6 heteroatoms. The molecule has 0 fully saturated rings. The number of carbonyl (C=O) groups is 1. The highest BCUT2D eigenvalue weighted by atomic mass is 32.2. The van der Waals surface area contributed by atoms with Gasteiger partial charge >= 0.3 is 5.97 Å². The number of hydrogen-bond donors (Lipinski definition) is 1. The maximum Gasteiger partial charge on any atom is 0.307 e. The third-order valence-corrected chi connectivity index (χ3v) is 5.06. The molecule has 0 aliphatic carbocycles. The Bertz CT molecular complexity index is 576. The zero-order chi connectivity index (χ0) is 16.2. The standard InChI is InChI=1S/C15H23NO4S/c1-11(2)10-16(12(3)4)21(19,20)14-7-5-13(6-8-14)9-15(17)18/h5-8,11-12H,9-10H2,1-4H3,(H,17,18). The third kappa shape index (κ3) is 4.82. The van der Waals surface area contributed by atoms with Crippen molar-refractivity contribution in [3.05, 3.63) is 29.8 Å². The first kappa shape index (κ1) is 17.7. The van der Waals surface area contributed by atoms with E-state index in [0.717, 1.165) is 0 Å². The van der Waals surface area contributed by atoms with Gasteiger partial charge in [0, 0.05) is 12.6 Å². The summed E-state index contributed by atoms with van der Waals surface area (Å²) in [6, 6.07) is 5.92. The van der Waals surface area contributed by atoms with Gasteiger partial charge in [-0.1, -0.05) is 26.0 Å². The topological polar surface area (TPSA) is 74.7 Å². The number of aliphatic carboxylic acids is 1. The highest BCUT2D eigenvalue weighted by Crippen LogP contribution is 2.20. The maximum atomic E-state index is 12.7. The molecule has 0 heterocycles. The molecule has 0 saturated heterocycles. The van der Waals surface area contributed by atoms with Gasteiger partial charge in [0.25, 0.3) is 0 Å². The van der Waals surface area contributed by atoms with Crippen LogP contribution in [0.5, 0.6) is 0 Å². The molecule has 5 nitrogen and oxygen atoms in total. The predicted octanol–water partition coefficient (Wildman–Crippen LogP) is 2.37. The molecule has 0 atom stereocenters. The van der Waals surface area contributed by atoms with Crippen molar-refractivity contribution in [3.63, 3.8) is 0 Å². The van der Waals surface area contributed by atoms with Crippen molar-refractivity contribution >= 4 is 16.0 Å². The molecule has 0 aliphatic heterocycles. The highest BCUT2D eigenvalue weighted by molar-refractivity contribution is 7.89. The van der Waals surface area contributed by atoms with Crippen LogP contribution < -0.4 is 0 Å². The summed E-state index contributed by atoms with van der Waals surface area (Å²) in [5.41, 5.74) is 0.585. The second-order valence-corrected chi connectivity index (χ2v) is 7.67. The number of rotatable bonds is 7. The van der Waals surface area contributed by atoms with E-state index in [2.05, 4.69) is 0 Å². The Labute approximate surface area is 126 Å². The van der Waals surface area contributed by atoms with E-state index in [1.165, 1.54) is 16.4 Å². The third-order valence-electron chi connectivity index (χ3n) is 3.01. The molecule has 1 aromatic carbocycles. The van der Waals surface area contributed by atoms with E-state index in [4.69, 9.17) is 5.11 Å². The fraction of sp³-hybridized carbons (Fsp3) is 0.533. The van der Waals surface area contributed by atoms with Crippen molar-refractivity contribution in [2.24, 2.45) is 5.92 Å². The predicted molar refractivity (Wildman–Crippen MR) is 81.6 cm³/mol. The molecule has 0 unspecified atom stereocenters. The van der Waals surface area contributed by atoms with Crippen LogP contribution in [-0.4, -0.2) is 36.4 Å². The molecule has 1 N–H and O–H groups in total. The lowest BCUT2D eigenvalue weighted by Gasteiger charge is -2.27. The zero-order valence-electron chi connectivity index (χ0n) is 12.9. The average molecular weight is 313 g/mol. The van der Waals surface area contributed by atoms with Crippen molar-refractivity contribution in [1.29, 1.82) is 0 Å². The molecule has 0 bridgehead atoms. The van der Waals surface area contributed by atoms with Gasteiger partial charge in [-0.2, -0.15) is 4.31 Å². The fourth-order valence-corrected chi connectivity index (χ4v) is 3.84. The quantitative estimate of drug-likeness (QED) is 0.838. The van der Waals surface area contributed by atoms with Gasteiger partial charge in [-0.05, 0) is 37.5 Å². The van der Waals surface area contributed by atoms with Crippen LogP contribution in [-0.2, 0) is 21.2 Å². The van der Waals surface area contributed by atoms with E-state index < -0.39 is 16.0 Å². The van der Waals surface area contributed by atoms with Crippen LogP contribution in [0.1, 0.15) is 33.3 Å². The number of hydrogen-bond acceptors (Lipinski definition) is 3. The van der Waals surface area contributed by atoms with Crippen molar-refractivity contribution in [2.45, 2.75) is 45.1 Å². The van der Waals surface area contributed by atoms with Gasteiger partial charge in [-0.3, -0.25) is 4.79 Å². The average Bonchev–Trinajstić information content (AvgIpc) is 2.35. The SMILES string of the molecule is CC(C)CN(C(C)C)S(=O)(=O)c1ccc(CC(=O)O)cc1. The first-order valence-corrected chi connectivity index (χ1v) is 8.41. The lowest BCUT2D eigenvalue weighted by Crippen LogP contribution is -2.39. The molecule has 118 valence electrons. The number of carboxylic acid groups (broad SMARTS) is 1. The van der Waals surface area contributed by atoms with E-state index in [0.29, 0.717) is 12.1 Å². The second kappa shape index (κ2) is 7.04. The number of carboxylic acids is 1. The van der Waals surface area contributed by atoms with Crippen molar-refractivity contribution in [1.82, 2.24) is 4.31 Å². The number of benzene rings is 1. The summed E-state index contributed by atoms with van der Waals surface area (Å²) in [4.78, 5) is 10.8. The van der Waals surface area contributed by atoms with Gasteiger partial charge in [-0.25, -0.2) is 8.42 Å². The largest absolute Gasteiger partial charge is 0.481 e. The van der Waals surface area contributed by atoms with E-state index in [-0.39, 0.29) is 23.3 Å². The summed E-state index contributed by atoms with van der Waals surface area (Å²) in [6.07, 6.45) is -0.111.